The van der Waals surface area contributed by atoms with Crippen LogP contribution in [0.1, 0.15) is 5.56 Å². The first-order valence-corrected chi connectivity index (χ1v) is 8.82. The quantitative estimate of drug-likeness (QED) is 0.456. The smallest absolute Gasteiger partial charge is 0.274 e. The summed E-state index contributed by atoms with van der Waals surface area (Å²) in [6.07, 6.45) is 1.87. The summed E-state index contributed by atoms with van der Waals surface area (Å²) in [5, 5.41) is 0. The summed E-state index contributed by atoms with van der Waals surface area (Å²) in [5.41, 5.74) is 2.54. The van der Waals surface area contributed by atoms with Crippen molar-refractivity contribution >= 4 is 56.0 Å². The van der Waals surface area contributed by atoms with Crippen molar-refractivity contribution in [3.8, 4) is 5.75 Å². The molecule has 0 aliphatic carbocycles. The first-order chi connectivity index (χ1) is 11.2. The molecule has 2 aromatic heterocycles. The van der Waals surface area contributed by atoms with E-state index in [4.69, 9.17) is 4.74 Å². The monoisotopic (exact) mass is 434 g/mol. The Morgan fingerprint density at radius 1 is 1.26 bits per heavy atom. The lowest BCUT2D eigenvalue weighted by atomic mass is 10.2. The van der Waals surface area contributed by atoms with Crippen LogP contribution in [0.4, 0.5) is 0 Å². The van der Waals surface area contributed by atoms with Gasteiger partial charge < -0.3 is 4.74 Å². The first-order valence-electron chi connectivity index (χ1n) is 6.92. The van der Waals surface area contributed by atoms with Crippen molar-refractivity contribution in [2.75, 3.05) is 7.11 Å². The van der Waals surface area contributed by atoms with E-state index >= 15 is 0 Å². The highest BCUT2D eigenvalue weighted by atomic mass is 127. The zero-order chi connectivity index (χ0) is 16.0. The van der Waals surface area contributed by atoms with Gasteiger partial charge in [-0.3, -0.25) is 4.79 Å². The molecule has 4 aromatic rings. The number of hydrogen-bond donors (Lipinski definition) is 0. The van der Waals surface area contributed by atoms with Gasteiger partial charge in [0.05, 0.1) is 22.7 Å². The Morgan fingerprint density at radius 2 is 2.09 bits per heavy atom. The number of hydrogen-bond acceptors (Lipinski definition) is 4. The Kier molecular flexibility index (Phi) is 3.57. The summed E-state index contributed by atoms with van der Waals surface area (Å²) in [7, 11) is 1.63. The lowest BCUT2D eigenvalue weighted by Crippen LogP contribution is -2.22. The highest BCUT2D eigenvalue weighted by Crippen LogP contribution is 2.22. The van der Waals surface area contributed by atoms with E-state index in [0.717, 1.165) is 25.9 Å². The van der Waals surface area contributed by atoms with Gasteiger partial charge in [-0.2, -0.15) is 0 Å². The number of rotatable bonds is 2. The second-order valence-corrected chi connectivity index (χ2v) is 7.28. The summed E-state index contributed by atoms with van der Waals surface area (Å²) in [5.74, 6) is 0.751. The lowest BCUT2D eigenvalue weighted by Gasteiger charge is -2.04. The van der Waals surface area contributed by atoms with Crippen LogP contribution in [-0.2, 0) is 0 Å². The summed E-state index contributed by atoms with van der Waals surface area (Å²) in [6, 6.07) is 13.6. The van der Waals surface area contributed by atoms with Crippen LogP contribution in [0, 0.1) is 3.57 Å². The SMILES string of the molecule is COc1ccc(I)cc1/C=c1\sc2nc3ccccc3n2c1=O. The molecule has 0 fully saturated rings. The molecule has 2 heterocycles. The molecule has 0 radical (unpaired) electrons. The van der Waals surface area contributed by atoms with Crippen molar-refractivity contribution in [2.45, 2.75) is 0 Å². The van der Waals surface area contributed by atoms with E-state index < -0.39 is 0 Å². The van der Waals surface area contributed by atoms with E-state index in [1.807, 2.05) is 48.5 Å². The van der Waals surface area contributed by atoms with Crippen LogP contribution in [0.5, 0.6) is 5.75 Å². The van der Waals surface area contributed by atoms with E-state index in [1.165, 1.54) is 11.3 Å². The van der Waals surface area contributed by atoms with Crippen LogP contribution in [-0.4, -0.2) is 16.5 Å². The molecule has 114 valence electrons. The standard InChI is InChI=1S/C17H11IN2O2S/c1-22-14-7-6-11(18)8-10(14)9-15-16(21)20-13-5-3-2-4-12(13)19-17(20)23-15/h2-9H,1H3/b15-9-. The van der Waals surface area contributed by atoms with Crippen molar-refractivity contribution in [2.24, 2.45) is 0 Å². The minimum Gasteiger partial charge on any atom is -0.496 e. The molecule has 23 heavy (non-hydrogen) atoms. The zero-order valence-electron chi connectivity index (χ0n) is 12.1. The number of imidazole rings is 1. The third-order valence-corrected chi connectivity index (χ3v) is 5.26. The molecule has 0 saturated carbocycles. The van der Waals surface area contributed by atoms with E-state index in [2.05, 4.69) is 27.6 Å². The average molecular weight is 434 g/mol. The molecule has 0 bridgehead atoms. The van der Waals surface area contributed by atoms with E-state index in [1.54, 1.807) is 11.5 Å². The second kappa shape index (κ2) is 5.61. The number of aromatic nitrogens is 2. The zero-order valence-corrected chi connectivity index (χ0v) is 15.1. The predicted octanol–water partition coefficient (Wildman–Crippen LogP) is 3.07. The predicted molar refractivity (Wildman–Crippen MR) is 101 cm³/mol. The summed E-state index contributed by atoms with van der Waals surface area (Å²) < 4.78 is 8.80. The number of halogens is 1. The molecule has 2 aromatic carbocycles. The number of fused-ring (bicyclic) bond motifs is 3. The summed E-state index contributed by atoms with van der Waals surface area (Å²) >= 11 is 3.64. The normalized spacial score (nSPS) is 12.3. The van der Waals surface area contributed by atoms with Gasteiger partial charge in [-0.25, -0.2) is 9.38 Å². The largest absolute Gasteiger partial charge is 0.496 e. The van der Waals surface area contributed by atoms with Gasteiger partial charge in [-0.05, 0) is 59.0 Å². The van der Waals surface area contributed by atoms with Gasteiger partial charge in [0, 0.05) is 9.13 Å². The van der Waals surface area contributed by atoms with Crippen molar-refractivity contribution in [1.29, 1.82) is 0 Å². The van der Waals surface area contributed by atoms with Gasteiger partial charge in [0.1, 0.15) is 5.75 Å². The topological polar surface area (TPSA) is 43.6 Å². The highest BCUT2D eigenvalue weighted by Gasteiger charge is 2.11. The molecule has 0 saturated heterocycles. The first kappa shape index (κ1) is 14.6. The second-order valence-electron chi connectivity index (χ2n) is 5.02. The van der Waals surface area contributed by atoms with Crippen molar-refractivity contribution in [3.05, 3.63) is 66.5 Å². The molecule has 0 N–H and O–H groups in total. The number of methoxy groups -OCH3 is 1. The van der Waals surface area contributed by atoms with E-state index in [0.29, 0.717) is 9.49 Å². The maximum Gasteiger partial charge on any atom is 0.274 e. The van der Waals surface area contributed by atoms with E-state index in [9.17, 15) is 4.79 Å². The highest BCUT2D eigenvalue weighted by molar-refractivity contribution is 14.1. The molecule has 6 heteroatoms. The lowest BCUT2D eigenvalue weighted by molar-refractivity contribution is 0.413. The third kappa shape index (κ3) is 2.42. The Hall–Kier alpha value is -1.93. The molecular weight excluding hydrogens is 423 g/mol. The van der Waals surface area contributed by atoms with Crippen molar-refractivity contribution in [3.63, 3.8) is 0 Å². The molecule has 0 unspecified atom stereocenters. The molecule has 0 amide bonds. The molecule has 0 aliphatic heterocycles. The number of benzene rings is 2. The Balaban J connectivity index is 2.01. The van der Waals surface area contributed by atoms with Gasteiger partial charge in [0.15, 0.2) is 4.96 Å². The molecule has 4 rings (SSSR count). The van der Waals surface area contributed by atoms with Crippen LogP contribution in [0.15, 0.2) is 47.3 Å². The van der Waals surface area contributed by atoms with Crippen LogP contribution >= 0.6 is 33.9 Å². The fourth-order valence-corrected chi connectivity index (χ4v) is 4.06. The minimum atomic E-state index is -0.0420. The molecule has 0 atom stereocenters. The van der Waals surface area contributed by atoms with Gasteiger partial charge in [0.25, 0.3) is 5.56 Å². The van der Waals surface area contributed by atoms with Crippen molar-refractivity contribution < 1.29 is 4.74 Å². The van der Waals surface area contributed by atoms with Crippen LogP contribution in [0.2, 0.25) is 0 Å². The molecule has 4 nitrogen and oxygen atoms in total. The number of para-hydroxylation sites is 2. The van der Waals surface area contributed by atoms with Gasteiger partial charge in [-0.15, -0.1) is 0 Å². The maximum atomic E-state index is 12.8. The third-order valence-electron chi connectivity index (χ3n) is 3.62. The minimum absolute atomic E-state index is 0.0420. The molecule has 0 spiro atoms. The van der Waals surface area contributed by atoms with Crippen LogP contribution < -0.4 is 14.8 Å². The number of thiazole rings is 1. The Bertz CT molecular complexity index is 1150. The fourth-order valence-electron chi connectivity index (χ4n) is 2.57. The molecule has 0 aliphatic rings. The average Bonchev–Trinajstić information content (AvgIpc) is 3.05. The Morgan fingerprint density at radius 3 is 2.91 bits per heavy atom. The van der Waals surface area contributed by atoms with Gasteiger partial charge in [-0.1, -0.05) is 23.5 Å². The van der Waals surface area contributed by atoms with Crippen LogP contribution in [0.3, 0.4) is 0 Å². The van der Waals surface area contributed by atoms with Crippen LogP contribution in [0.25, 0.3) is 22.1 Å². The fraction of sp³-hybridized carbons (Fsp3) is 0.0588. The van der Waals surface area contributed by atoms with E-state index in [-0.39, 0.29) is 5.56 Å². The summed E-state index contributed by atoms with van der Waals surface area (Å²) in [4.78, 5) is 18.0. The maximum absolute atomic E-state index is 12.8. The number of nitrogens with zero attached hydrogens (tertiary/aromatic N) is 2. The Labute approximate surface area is 149 Å². The number of ether oxygens (including phenoxy) is 1. The van der Waals surface area contributed by atoms with Gasteiger partial charge in [0.2, 0.25) is 0 Å². The molecular formula is C17H11IN2O2S. The summed E-state index contributed by atoms with van der Waals surface area (Å²) in [6.45, 7) is 0. The van der Waals surface area contributed by atoms with Gasteiger partial charge >= 0.3 is 0 Å². The van der Waals surface area contributed by atoms with Crippen molar-refractivity contribution in [1.82, 2.24) is 9.38 Å².